The molecule has 3 unspecified atom stereocenters. The number of nitrogens with one attached hydrogen (secondary N) is 2. The zero-order valence-corrected chi connectivity index (χ0v) is 11.0. The van der Waals surface area contributed by atoms with E-state index in [0.29, 0.717) is 16.9 Å². The summed E-state index contributed by atoms with van der Waals surface area (Å²) in [6, 6.07) is 0.531. The first-order valence-electron chi connectivity index (χ1n) is 5.88. The fraction of sp³-hybridized carbons (Fsp3) is 0.917. The summed E-state index contributed by atoms with van der Waals surface area (Å²) < 4.78 is 0. The van der Waals surface area contributed by atoms with Gasteiger partial charge in [-0.25, -0.2) is 0 Å². The van der Waals surface area contributed by atoms with Gasteiger partial charge in [-0.05, 0) is 48.2 Å². The van der Waals surface area contributed by atoms with E-state index in [4.69, 9.17) is 12.2 Å². The highest BCUT2D eigenvalue weighted by Crippen LogP contribution is 2.62. The van der Waals surface area contributed by atoms with E-state index in [2.05, 4.69) is 31.4 Å². The summed E-state index contributed by atoms with van der Waals surface area (Å²) in [4.78, 5) is 0. The molecule has 0 aromatic rings. The maximum absolute atomic E-state index is 5.24. The van der Waals surface area contributed by atoms with Gasteiger partial charge in [-0.2, -0.15) is 0 Å². The summed E-state index contributed by atoms with van der Waals surface area (Å²) in [6.45, 7) is 7.19. The third-order valence-electron chi connectivity index (χ3n) is 4.77. The highest BCUT2D eigenvalue weighted by molar-refractivity contribution is 7.80. The Morgan fingerprint density at radius 1 is 1.33 bits per heavy atom. The van der Waals surface area contributed by atoms with E-state index in [1.807, 2.05) is 7.05 Å². The summed E-state index contributed by atoms with van der Waals surface area (Å²) in [7, 11) is 1.89. The Hall–Kier alpha value is -0.310. The third-order valence-corrected chi connectivity index (χ3v) is 5.09. The molecule has 2 aliphatic rings. The second kappa shape index (κ2) is 3.34. The first kappa shape index (κ1) is 11.2. The van der Waals surface area contributed by atoms with Crippen LogP contribution in [0.2, 0.25) is 0 Å². The molecule has 0 saturated heterocycles. The van der Waals surface area contributed by atoms with Crippen LogP contribution in [0.25, 0.3) is 0 Å². The Bertz CT molecular complexity index is 283. The number of thiocarbonyl (C=S) groups is 1. The molecule has 86 valence electrons. The van der Waals surface area contributed by atoms with Crippen LogP contribution in [0.15, 0.2) is 0 Å². The lowest BCUT2D eigenvalue weighted by molar-refractivity contribution is 0.125. The van der Waals surface area contributed by atoms with Gasteiger partial charge in [0.2, 0.25) is 0 Å². The van der Waals surface area contributed by atoms with Crippen LogP contribution in [0, 0.1) is 16.7 Å². The molecule has 3 heteroatoms. The molecule has 0 aromatic heterocycles. The summed E-state index contributed by atoms with van der Waals surface area (Å²) >= 11 is 5.24. The minimum absolute atomic E-state index is 0.383. The van der Waals surface area contributed by atoms with Crippen molar-refractivity contribution in [3.63, 3.8) is 0 Å². The average Bonchev–Trinajstić information content (AvgIpc) is 2.63. The molecule has 0 heterocycles. The lowest BCUT2D eigenvalue weighted by Gasteiger charge is -2.43. The topological polar surface area (TPSA) is 24.1 Å². The van der Waals surface area contributed by atoms with Crippen molar-refractivity contribution < 1.29 is 0 Å². The van der Waals surface area contributed by atoms with Crippen molar-refractivity contribution in [2.45, 2.75) is 46.1 Å². The molecule has 2 saturated carbocycles. The highest BCUT2D eigenvalue weighted by Gasteiger charge is 2.59. The van der Waals surface area contributed by atoms with Gasteiger partial charge in [0.1, 0.15) is 0 Å². The molecular formula is C12H22N2S. The quantitative estimate of drug-likeness (QED) is 0.671. The molecular weight excluding hydrogens is 204 g/mol. The first-order chi connectivity index (χ1) is 6.90. The third kappa shape index (κ3) is 1.55. The number of hydrogen-bond donors (Lipinski definition) is 2. The molecule has 2 bridgehead atoms. The molecule has 2 rings (SSSR count). The molecule has 2 N–H and O–H groups in total. The normalized spacial score (nSPS) is 41.6. The predicted molar refractivity (Wildman–Crippen MR) is 67.8 cm³/mol. The van der Waals surface area contributed by atoms with Gasteiger partial charge in [0, 0.05) is 13.1 Å². The second-order valence-electron chi connectivity index (χ2n) is 6.07. The number of fused-ring (bicyclic) bond motifs is 2. The highest BCUT2D eigenvalue weighted by atomic mass is 32.1. The van der Waals surface area contributed by atoms with E-state index in [1.165, 1.54) is 19.3 Å². The Morgan fingerprint density at radius 2 is 2.00 bits per heavy atom. The standard InChI is InChI=1S/C12H22N2S/c1-11(2)8-5-6-12(3,7-8)9(11)14-10(15)13-4/h8-9H,5-7H2,1-4H3,(H2,13,14,15). The molecule has 2 nitrogen and oxygen atoms in total. The van der Waals surface area contributed by atoms with E-state index in [9.17, 15) is 0 Å². The lowest BCUT2D eigenvalue weighted by Crippen LogP contribution is -2.54. The molecule has 2 fully saturated rings. The summed E-state index contributed by atoms with van der Waals surface area (Å²) in [5.41, 5.74) is 0.836. The zero-order chi connectivity index (χ0) is 11.3. The van der Waals surface area contributed by atoms with E-state index < -0.39 is 0 Å². The largest absolute Gasteiger partial charge is 0.366 e. The van der Waals surface area contributed by atoms with Crippen LogP contribution in [-0.2, 0) is 0 Å². The zero-order valence-electron chi connectivity index (χ0n) is 10.2. The van der Waals surface area contributed by atoms with E-state index in [0.717, 1.165) is 11.0 Å². The molecule has 0 radical (unpaired) electrons. The summed E-state index contributed by atoms with van der Waals surface area (Å²) in [5, 5.41) is 7.33. The van der Waals surface area contributed by atoms with Crippen molar-refractivity contribution in [3.05, 3.63) is 0 Å². The van der Waals surface area contributed by atoms with Gasteiger partial charge in [0.05, 0.1) is 0 Å². The summed E-state index contributed by atoms with van der Waals surface area (Å²) in [5.74, 6) is 0.875. The van der Waals surface area contributed by atoms with Crippen molar-refractivity contribution in [2.24, 2.45) is 16.7 Å². The minimum atomic E-state index is 0.383. The molecule has 2 aliphatic carbocycles. The molecule has 0 aliphatic heterocycles. The molecule has 0 aromatic carbocycles. The monoisotopic (exact) mass is 226 g/mol. The van der Waals surface area contributed by atoms with Gasteiger partial charge in [-0.15, -0.1) is 0 Å². The van der Waals surface area contributed by atoms with Gasteiger partial charge >= 0.3 is 0 Å². The van der Waals surface area contributed by atoms with Gasteiger partial charge in [-0.1, -0.05) is 20.8 Å². The molecule has 15 heavy (non-hydrogen) atoms. The fourth-order valence-corrected chi connectivity index (χ4v) is 3.98. The SMILES string of the molecule is CNC(=S)NC1C2(C)CCC(C2)C1(C)C. The van der Waals surface area contributed by atoms with Gasteiger partial charge in [0.25, 0.3) is 0 Å². The van der Waals surface area contributed by atoms with E-state index >= 15 is 0 Å². The lowest BCUT2D eigenvalue weighted by atomic mass is 9.68. The van der Waals surface area contributed by atoms with Crippen molar-refractivity contribution in [1.82, 2.24) is 10.6 Å². The Balaban J connectivity index is 2.19. The number of hydrogen-bond acceptors (Lipinski definition) is 1. The van der Waals surface area contributed by atoms with Gasteiger partial charge in [-0.3, -0.25) is 0 Å². The average molecular weight is 226 g/mol. The van der Waals surface area contributed by atoms with Gasteiger partial charge < -0.3 is 10.6 Å². The fourth-order valence-electron chi connectivity index (χ4n) is 3.87. The van der Waals surface area contributed by atoms with E-state index in [1.54, 1.807) is 0 Å². The molecule has 3 atom stereocenters. The smallest absolute Gasteiger partial charge is 0.166 e. The van der Waals surface area contributed by atoms with Crippen molar-refractivity contribution in [2.75, 3.05) is 7.05 Å². The number of rotatable bonds is 1. The van der Waals surface area contributed by atoms with Crippen molar-refractivity contribution >= 4 is 17.3 Å². The molecule has 0 spiro atoms. The van der Waals surface area contributed by atoms with Crippen LogP contribution < -0.4 is 10.6 Å². The van der Waals surface area contributed by atoms with Crippen LogP contribution in [0.3, 0.4) is 0 Å². The first-order valence-corrected chi connectivity index (χ1v) is 6.29. The van der Waals surface area contributed by atoms with Crippen molar-refractivity contribution in [1.29, 1.82) is 0 Å². The van der Waals surface area contributed by atoms with Crippen LogP contribution in [0.4, 0.5) is 0 Å². The van der Waals surface area contributed by atoms with Crippen LogP contribution in [0.1, 0.15) is 40.0 Å². The van der Waals surface area contributed by atoms with Crippen molar-refractivity contribution in [3.8, 4) is 0 Å². The maximum atomic E-state index is 5.24. The second-order valence-corrected chi connectivity index (χ2v) is 6.48. The predicted octanol–water partition coefficient (Wildman–Crippen LogP) is 2.30. The minimum Gasteiger partial charge on any atom is -0.366 e. The summed E-state index contributed by atoms with van der Waals surface area (Å²) in [6.07, 6.45) is 4.11. The molecule has 0 amide bonds. The van der Waals surface area contributed by atoms with Gasteiger partial charge in [0.15, 0.2) is 5.11 Å². The van der Waals surface area contributed by atoms with Crippen LogP contribution in [-0.4, -0.2) is 18.2 Å². The van der Waals surface area contributed by atoms with Crippen LogP contribution in [0.5, 0.6) is 0 Å². The Morgan fingerprint density at radius 3 is 2.47 bits per heavy atom. The van der Waals surface area contributed by atoms with E-state index in [-0.39, 0.29) is 0 Å². The maximum Gasteiger partial charge on any atom is 0.166 e. The Kier molecular flexibility index (Phi) is 2.49. The van der Waals surface area contributed by atoms with Crippen LogP contribution >= 0.6 is 12.2 Å². The Labute approximate surface area is 98.2 Å².